The summed E-state index contributed by atoms with van der Waals surface area (Å²) in [5.41, 5.74) is -0.543. The van der Waals surface area contributed by atoms with Gasteiger partial charge in [0, 0.05) is 22.7 Å². The average Bonchev–Trinajstić information content (AvgIpc) is 2.16. The minimum atomic E-state index is -2.76. The summed E-state index contributed by atoms with van der Waals surface area (Å²) in [6.45, 7) is -0.625. The van der Waals surface area contributed by atoms with Crippen LogP contribution in [0.1, 0.15) is 23.1 Å². The highest BCUT2D eigenvalue weighted by Crippen LogP contribution is 2.27. The Kier molecular flexibility index (Phi) is 3.88. The third-order valence-corrected chi connectivity index (χ3v) is 2.37. The van der Waals surface area contributed by atoms with Crippen molar-refractivity contribution in [1.82, 2.24) is 4.98 Å². The van der Waals surface area contributed by atoms with Crippen molar-refractivity contribution in [2.45, 2.75) is 18.4 Å². The Morgan fingerprint density at radius 1 is 1.43 bits per heavy atom. The van der Waals surface area contributed by atoms with Gasteiger partial charge in [-0.2, -0.15) is 4.39 Å². The Morgan fingerprint density at radius 2 is 2.07 bits per heavy atom. The van der Waals surface area contributed by atoms with Gasteiger partial charge in [0.25, 0.3) is 6.43 Å². The molecule has 0 unspecified atom stereocenters. The quantitative estimate of drug-likeness (QED) is 0.676. The van der Waals surface area contributed by atoms with Gasteiger partial charge in [0.05, 0.1) is 6.61 Å². The van der Waals surface area contributed by atoms with Gasteiger partial charge < -0.3 is 5.11 Å². The largest absolute Gasteiger partial charge is 0.392 e. The predicted octanol–water partition coefficient (Wildman–Crippen LogP) is 2.55. The molecule has 14 heavy (non-hydrogen) atoms. The highest BCUT2D eigenvalue weighted by molar-refractivity contribution is 9.08. The lowest BCUT2D eigenvalue weighted by molar-refractivity contribution is 0.146. The SMILES string of the molecule is OCc1c(C(F)F)cnc(F)c1CBr. The molecule has 0 amide bonds. The van der Waals surface area contributed by atoms with E-state index in [1.165, 1.54) is 0 Å². The van der Waals surface area contributed by atoms with Crippen LogP contribution in [0.4, 0.5) is 13.2 Å². The average molecular weight is 270 g/mol. The van der Waals surface area contributed by atoms with Gasteiger partial charge >= 0.3 is 0 Å². The maximum atomic E-state index is 13.0. The van der Waals surface area contributed by atoms with Crippen molar-refractivity contribution in [2.24, 2.45) is 0 Å². The summed E-state index contributed by atoms with van der Waals surface area (Å²) in [6.07, 6.45) is -2.01. The molecule has 0 saturated carbocycles. The summed E-state index contributed by atoms with van der Waals surface area (Å²) < 4.78 is 37.7. The van der Waals surface area contributed by atoms with Crippen LogP contribution < -0.4 is 0 Å². The first kappa shape index (κ1) is 11.5. The second-order valence-electron chi connectivity index (χ2n) is 2.55. The molecule has 0 bridgehead atoms. The monoisotopic (exact) mass is 269 g/mol. The topological polar surface area (TPSA) is 33.1 Å². The number of alkyl halides is 3. The molecule has 78 valence electrons. The highest BCUT2D eigenvalue weighted by atomic mass is 79.9. The number of aliphatic hydroxyl groups is 1. The molecule has 6 heteroatoms. The van der Waals surface area contributed by atoms with Crippen molar-refractivity contribution in [3.63, 3.8) is 0 Å². The molecule has 2 nitrogen and oxygen atoms in total. The van der Waals surface area contributed by atoms with Crippen LogP contribution in [0.3, 0.4) is 0 Å². The van der Waals surface area contributed by atoms with Gasteiger partial charge in [-0.1, -0.05) is 15.9 Å². The molecular weight excluding hydrogens is 263 g/mol. The van der Waals surface area contributed by atoms with Gasteiger partial charge in [-0.05, 0) is 5.56 Å². The number of aliphatic hydroxyl groups excluding tert-OH is 1. The Balaban J connectivity index is 3.33. The summed E-state index contributed by atoms with van der Waals surface area (Å²) >= 11 is 2.95. The van der Waals surface area contributed by atoms with Crippen molar-refractivity contribution in [2.75, 3.05) is 0 Å². The van der Waals surface area contributed by atoms with E-state index in [9.17, 15) is 13.2 Å². The molecule has 0 aliphatic rings. The molecule has 1 rings (SSSR count). The zero-order valence-corrected chi connectivity index (χ0v) is 8.56. The standard InChI is InChI=1S/C8H7BrF3NO/c9-1-4-6(3-14)5(7(10)11)2-13-8(4)12/h2,7,14H,1,3H2. The Morgan fingerprint density at radius 3 is 2.50 bits per heavy atom. The smallest absolute Gasteiger partial charge is 0.265 e. The van der Waals surface area contributed by atoms with Crippen LogP contribution in [0.15, 0.2) is 6.20 Å². The molecule has 0 fully saturated rings. The Bertz CT molecular complexity index is 333. The number of halogens is 4. The van der Waals surface area contributed by atoms with Gasteiger partial charge in [0.2, 0.25) is 5.95 Å². The zero-order valence-electron chi connectivity index (χ0n) is 6.98. The molecule has 0 radical (unpaired) electrons. The maximum Gasteiger partial charge on any atom is 0.265 e. The fourth-order valence-electron chi connectivity index (χ4n) is 1.09. The number of hydrogen-bond donors (Lipinski definition) is 1. The number of aromatic nitrogens is 1. The van der Waals surface area contributed by atoms with Crippen LogP contribution in [0.25, 0.3) is 0 Å². The van der Waals surface area contributed by atoms with E-state index in [0.29, 0.717) is 0 Å². The van der Waals surface area contributed by atoms with Crippen LogP contribution in [0.5, 0.6) is 0 Å². The molecule has 1 aromatic rings. The van der Waals surface area contributed by atoms with E-state index in [1.807, 2.05) is 0 Å². The molecule has 0 saturated heterocycles. The fraction of sp³-hybridized carbons (Fsp3) is 0.375. The summed E-state index contributed by atoms with van der Waals surface area (Å²) in [5, 5.41) is 8.90. The van der Waals surface area contributed by atoms with Crippen LogP contribution in [-0.2, 0) is 11.9 Å². The highest BCUT2D eigenvalue weighted by Gasteiger charge is 2.18. The van der Waals surface area contributed by atoms with Crippen LogP contribution in [0.2, 0.25) is 0 Å². The molecule has 1 N–H and O–H groups in total. The van der Waals surface area contributed by atoms with Crippen molar-refractivity contribution < 1.29 is 18.3 Å². The van der Waals surface area contributed by atoms with Gasteiger partial charge in [0.1, 0.15) is 0 Å². The van der Waals surface area contributed by atoms with Crippen molar-refractivity contribution in [3.8, 4) is 0 Å². The van der Waals surface area contributed by atoms with E-state index in [4.69, 9.17) is 5.11 Å². The molecule has 0 spiro atoms. The summed E-state index contributed by atoms with van der Waals surface area (Å²) in [5.74, 6) is -0.838. The third-order valence-electron chi connectivity index (χ3n) is 1.81. The minimum Gasteiger partial charge on any atom is -0.392 e. The van der Waals surface area contributed by atoms with Crippen molar-refractivity contribution >= 4 is 15.9 Å². The van der Waals surface area contributed by atoms with Gasteiger partial charge in [-0.25, -0.2) is 13.8 Å². The lowest BCUT2D eigenvalue weighted by Crippen LogP contribution is -2.04. The second-order valence-corrected chi connectivity index (χ2v) is 3.11. The maximum absolute atomic E-state index is 13.0. The zero-order chi connectivity index (χ0) is 10.7. The molecular formula is C8H7BrF3NO. The predicted molar refractivity (Wildman–Crippen MR) is 47.7 cm³/mol. The molecule has 1 heterocycles. The van der Waals surface area contributed by atoms with Gasteiger partial charge in [-0.15, -0.1) is 0 Å². The normalized spacial score (nSPS) is 11.0. The number of nitrogens with zero attached hydrogens (tertiary/aromatic N) is 1. The molecule has 0 aliphatic heterocycles. The molecule has 0 aromatic carbocycles. The van der Waals surface area contributed by atoms with Crippen molar-refractivity contribution in [3.05, 3.63) is 28.8 Å². The Labute approximate surface area is 86.9 Å². The van der Waals surface area contributed by atoms with E-state index in [-0.39, 0.29) is 16.5 Å². The van der Waals surface area contributed by atoms with E-state index in [2.05, 4.69) is 20.9 Å². The lowest BCUT2D eigenvalue weighted by Gasteiger charge is -2.10. The van der Waals surface area contributed by atoms with E-state index in [0.717, 1.165) is 6.20 Å². The number of hydrogen-bond acceptors (Lipinski definition) is 2. The molecule has 1 aromatic heterocycles. The van der Waals surface area contributed by atoms with E-state index < -0.39 is 24.5 Å². The fourth-order valence-corrected chi connectivity index (χ4v) is 1.66. The molecule has 0 atom stereocenters. The van der Waals surface area contributed by atoms with Crippen LogP contribution >= 0.6 is 15.9 Å². The first-order chi connectivity index (χ1) is 6.61. The van der Waals surface area contributed by atoms with E-state index >= 15 is 0 Å². The van der Waals surface area contributed by atoms with Gasteiger partial charge in [-0.3, -0.25) is 0 Å². The van der Waals surface area contributed by atoms with Gasteiger partial charge in [0.15, 0.2) is 0 Å². The third kappa shape index (κ3) is 2.06. The first-order valence-corrected chi connectivity index (χ1v) is 4.85. The number of pyridine rings is 1. The minimum absolute atomic E-state index is 0.0229. The van der Waals surface area contributed by atoms with Crippen molar-refractivity contribution in [1.29, 1.82) is 0 Å². The summed E-state index contributed by atoms with van der Waals surface area (Å²) in [4.78, 5) is 3.19. The first-order valence-electron chi connectivity index (χ1n) is 3.73. The summed E-state index contributed by atoms with van der Waals surface area (Å²) in [6, 6.07) is 0. The molecule has 0 aliphatic carbocycles. The van der Waals surface area contributed by atoms with E-state index in [1.54, 1.807) is 0 Å². The van der Waals surface area contributed by atoms with Crippen LogP contribution in [-0.4, -0.2) is 10.1 Å². The lowest BCUT2D eigenvalue weighted by atomic mass is 10.1. The second kappa shape index (κ2) is 4.75. The number of rotatable bonds is 3. The summed E-state index contributed by atoms with van der Waals surface area (Å²) in [7, 11) is 0. The van der Waals surface area contributed by atoms with Crippen LogP contribution in [0, 0.1) is 5.95 Å². The Hall–Kier alpha value is -0.620.